The maximum atomic E-state index is 12.0. The van der Waals surface area contributed by atoms with Gasteiger partial charge in [-0.15, -0.1) is 0 Å². The number of piperidine rings is 1. The average molecular weight is 280 g/mol. The van der Waals surface area contributed by atoms with Gasteiger partial charge in [-0.1, -0.05) is 5.16 Å². The summed E-state index contributed by atoms with van der Waals surface area (Å²) in [5, 5.41) is 3.91. The van der Waals surface area contributed by atoms with Crippen molar-refractivity contribution in [2.24, 2.45) is 0 Å². The van der Waals surface area contributed by atoms with Gasteiger partial charge < -0.3 is 14.3 Å². The van der Waals surface area contributed by atoms with Crippen molar-refractivity contribution in [2.45, 2.75) is 32.4 Å². The number of carbonyl (C=O) groups excluding carboxylic acids is 1. The zero-order chi connectivity index (χ0) is 14.7. The summed E-state index contributed by atoms with van der Waals surface area (Å²) in [6.07, 6.45) is 2.16. The molecule has 1 saturated heterocycles. The SMILES string of the molecule is Cc1cc(CN2CCCC(N(C)C(=O)N(C)C)C2)on1. The Morgan fingerprint density at radius 3 is 2.85 bits per heavy atom. The third-order valence-electron chi connectivity index (χ3n) is 3.77. The van der Waals surface area contributed by atoms with Crippen LogP contribution in [0.2, 0.25) is 0 Å². The molecule has 1 aliphatic rings. The van der Waals surface area contributed by atoms with Crippen molar-refractivity contribution >= 4 is 6.03 Å². The van der Waals surface area contributed by atoms with Crippen LogP contribution in [-0.4, -0.2) is 66.2 Å². The van der Waals surface area contributed by atoms with Crippen LogP contribution in [0.15, 0.2) is 10.6 Å². The molecule has 2 heterocycles. The second-order valence-corrected chi connectivity index (χ2v) is 5.75. The van der Waals surface area contributed by atoms with E-state index in [9.17, 15) is 4.79 Å². The van der Waals surface area contributed by atoms with Crippen molar-refractivity contribution in [3.63, 3.8) is 0 Å². The van der Waals surface area contributed by atoms with Gasteiger partial charge in [0.2, 0.25) is 0 Å². The Bertz CT molecular complexity index is 458. The smallest absolute Gasteiger partial charge is 0.319 e. The van der Waals surface area contributed by atoms with E-state index in [1.807, 2.05) is 24.9 Å². The highest BCUT2D eigenvalue weighted by atomic mass is 16.5. The lowest BCUT2D eigenvalue weighted by Gasteiger charge is -2.38. The Morgan fingerprint density at radius 1 is 1.50 bits per heavy atom. The number of urea groups is 1. The van der Waals surface area contributed by atoms with Gasteiger partial charge in [0.05, 0.1) is 12.2 Å². The van der Waals surface area contributed by atoms with Gasteiger partial charge in [0.25, 0.3) is 0 Å². The summed E-state index contributed by atoms with van der Waals surface area (Å²) in [5.41, 5.74) is 0.911. The molecule has 2 rings (SSSR count). The minimum atomic E-state index is 0.0624. The fraction of sp³-hybridized carbons (Fsp3) is 0.714. The predicted octanol–water partition coefficient (Wildman–Crippen LogP) is 1.56. The quantitative estimate of drug-likeness (QED) is 0.843. The molecule has 0 radical (unpaired) electrons. The van der Waals surface area contributed by atoms with E-state index in [2.05, 4.69) is 10.1 Å². The summed E-state index contributed by atoms with van der Waals surface area (Å²) in [6, 6.07) is 2.30. The summed E-state index contributed by atoms with van der Waals surface area (Å²) in [4.78, 5) is 17.8. The molecule has 1 fully saturated rings. The largest absolute Gasteiger partial charge is 0.360 e. The van der Waals surface area contributed by atoms with Gasteiger partial charge in [-0.05, 0) is 26.3 Å². The molecule has 6 nitrogen and oxygen atoms in total. The molecular weight excluding hydrogens is 256 g/mol. The van der Waals surface area contributed by atoms with Crippen molar-refractivity contribution in [2.75, 3.05) is 34.2 Å². The number of aryl methyl sites for hydroxylation is 1. The number of aromatic nitrogens is 1. The summed E-state index contributed by atoms with van der Waals surface area (Å²) >= 11 is 0. The normalized spacial score (nSPS) is 19.9. The van der Waals surface area contributed by atoms with E-state index >= 15 is 0 Å². The number of likely N-dealkylation sites (N-methyl/N-ethyl adjacent to an activating group) is 1. The van der Waals surface area contributed by atoms with E-state index in [-0.39, 0.29) is 12.1 Å². The van der Waals surface area contributed by atoms with Crippen LogP contribution < -0.4 is 0 Å². The molecule has 1 aliphatic heterocycles. The first kappa shape index (κ1) is 14.8. The van der Waals surface area contributed by atoms with E-state index in [1.165, 1.54) is 0 Å². The second-order valence-electron chi connectivity index (χ2n) is 5.75. The summed E-state index contributed by atoms with van der Waals surface area (Å²) < 4.78 is 5.27. The molecule has 1 unspecified atom stereocenters. The zero-order valence-electron chi connectivity index (χ0n) is 12.8. The lowest BCUT2D eigenvalue weighted by atomic mass is 10.0. The highest BCUT2D eigenvalue weighted by Crippen LogP contribution is 2.18. The zero-order valence-corrected chi connectivity index (χ0v) is 12.8. The fourth-order valence-electron chi connectivity index (χ4n) is 2.67. The number of hydrogen-bond acceptors (Lipinski definition) is 4. The number of carbonyl (C=O) groups is 1. The topological polar surface area (TPSA) is 52.8 Å². The van der Waals surface area contributed by atoms with Gasteiger partial charge in [0.15, 0.2) is 5.76 Å². The summed E-state index contributed by atoms with van der Waals surface area (Å²) in [7, 11) is 5.46. The van der Waals surface area contributed by atoms with Crippen molar-refractivity contribution in [1.82, 2.24) is 19.9 Å². The first-order valence-electron chi connectivity index (χ1n) is 7.06. The molecule has 0 N–H and O–H groups in total. The number of amides is 2. The van der Waals surface area contributed by atoms with E-state index < -0.39 is 0 Å². The van der Waals surface area contributed by atoms with Crippen molar-refractivity contribution in [1.29, 1.82) is 0 Å². The summed E-state index contributed by atoms with van der Waals surface area (Å²) in [5.74, 6) is 0.893. The maximum absolute atomic E-state index is 12.0. The third-order valence-corrected chi connectivity index (χ3v) is 3.77. The lowest BCUT2D eigenvalue weighted by molar-refractivity contribution is 0.104. The van der Waals surface area contributed by atoms with Gasteiger partial charge in [-0.2, -0.15) is 0 Å². The van der Waals surface area contributed by atoms with Crippen LogP contribution in [0.3, 0.4) is 0 Å². The van der Waals surface area contributed by atoms with Gasteiger partial charge in [0.1, 0.15) is 0 Å². The van der Waals surface area contributed by atoms with Gasteiger partial charge in [0, 0.05) is 39.8 Å². The van der Waals surface area contributed by atoms with Gasteiger partial charge >= 0.3 is 6.03 Å². The maximum Gasteiger partial charge on any atom is 0.319 e. The monoisotopic (exact) mass is 280 g/mol. The van der Waals surface area contributed by atoms with E-state index in [0.29, 0.717) is 0 Å². The number of nitrogens with zero attached hydrogens (tertiary/aromatic N) is 4. The molecule has 1 atom stereocenters. The molecule has 1 aromatic heterocycles. The fourth-order valence-corrected chi connectivity index (χ4v) is 2.67. The first-order chi connectivity index (χ1) is 9.47. The van der Waals surface area contributed by atoms with Crippen LogP contribution >= 0.6 is 0 Å². The van der Waals surface area contributed by atoms with E-state index in [0.717, 1.165) is 43.9 Å². The highest BCUT2D eigenvalue weighted by molar-refractivity contribution is 5.73. The molecule has 2 amide bonds. The molecule has 0 aliphatic carbocycles. The molecular formula is C14H24N4O2. The standard InChI is InChI=1S/C14H24N4O2/c1-11-8-13(20-15-11)10-18-7-5-6-12(9-18)17(4)14(19)16(2)3/h8,12H,5-7,9-10H2,1-4H3. The number of hydrogen-bond donors (Lipinski definition) is 0. The van der Waals surface area contributed by atoms with Crippen LogP contribution in [0, 0.1) is 6.92 Å². The van der Waals surface area contributed by atoms with Crippen molar-refractivity contribution in [3.8, 4) is 0 Å². The molecule has 6 heteroatoms. The third kappa shape index (κ3) is 3.50. The molecule has 1 aromatic rings. The number of likely N-dealkylation sites (tertiary alicyclic amines) is 1. The Kier molecular flexibility index (Phi) is 4.65. The Hall–Kier alpha value is -1.56. The van der Waals surface area contributed by atoms with Crippen molar-refractivity contribution < 1.29 is 9.32 Å². The predicted molar refractivity (Wildman–Crippen MR) is 76.4 cm³/mol. The summed E-state index contributed by atoms with van der Waals surface area (Å²) in [6.45, 7) is 4.62. The Balaban J connectivity index is 1.93. The molecule has 20 heavy (non-hydrogen) atoms. The molecule has 0 bridgehead atoms. The molecule has 0 saturated carbocycles. The lowest BCUT2D eigenvalue weighted by Crippen LogP contribution is -2.50. The van der Waals surface area contributed by atoms with Crippen LogP contribution in [0.4, 0.5) is 4.79 Å². The first-order valence-corrected chi connectivity index (χ1v) is 7.06. The van der Waals surface area contributed by atoms with E-state index in [4.69, 9.17) is 4.52 Å². The number of rotatable bonds is 3. The highest BCUT2D eigenvalue weighted by Gasteiger charge is 2.27. The molecule has 0 spiro atoms. The van der Waals surface area contributed by atoms with Gasteiger partial charge in [-0.3, -0.25) is 4.90 Å². The van der Waals surface area contributed by atoms with Crippen LogP contribution in [-0.2, 0) is 6.54 Å². The Morgan fingerprint density at radius 2 is 2.25 bits per heavy atom. The van der Waals surface area contributed by atoms with Crippen LogP contribution in [0.1, 0.15) is 24.3 Å². The minimum Gasteiger partial charge on any atom is -0.360 e. The van der Waals surface area contributed by atoms with Crippen LogP contribution in [0.5, 0.6) is 0 Å². The second kappa shape index (κ2) is 6.26. The average Bonchev–Trinajstić information content (AvgIpc) is 2.82. The van der Waals surface area contributed by atoms with E-state index in [1.54, 1.807) is 19.0 Å². The molecule has 0 aromatic carbocycles. The van der Waals surface area contributed by atoms with Crippen molar-refractivity contribution in [3.05, 3.63) is 17.5 Å². The van der Waals surface area contributed by atoms with Crippen LogP contribution in [0.25, 0.3) is 0 Å². The minimum absolute atomic E-state index is 0.0624. The molecule has 112 valence electrons. The van der Waals surface area contributed by atoms with Gasteiger partial charge in [-0.25, -0.2) is 4.79 Å². The Labute approximate surface area is 120 Å².